The van der Waals surface area contributed by atoms with Gasteiger partial charge in [-0.05, 0) is 6.42 Å². The third-order valence-corrected chi connectivity index (χ3v) is 3.05. The maximum atomic E-state index is 11.0. The van der Waals surface area contributed by atoms with E-state index in [2.05, 4.69) is 22.6 Å². The number of cyclic esters (lactones) is 1. The van der Waals surface area contributed by atoms with Crippen LogP contribution in [0, 0.1) is 5.92 Å². The van der Waals surface area contributed by atoms with Gasteiger partial charge in [0.15, 0.2) is 0 Å². The van der Waals surface area contributed by atoms with E-state index in [1.54, 1.807) is 0 Å². The highest BCUT2D eigenvalue weighted by atomic mass is 127. The molecule has 0 spiro atoms. The van der Waals surface area contributed by atoms with E-state index >= 15 is 0 Å². The molecule has 0 aromatic heterocycles. The minimum atomic E-state index is -0.277. The first kappa shape index (κ1) is 11.7. The van der Waals surface area contributed by atoms with Crippen LogP contribution in [0.2, 0.25) is 0 Å². The van der Waals surface area contributed by atoms with Gasteiger partial charge in [0.1, 0.15) is 6.10 Å². The number of carbonyl (C=O) groups excluding carboxylic acids is 2. The molecule has 5 heteroatoms. The molecule has 1 aliphatic rings. The van der Waals surface area contributed by atoms with Gasteiger partial charge in [0.05, 0.1) is 13.0 Å². The molecule has 0 amide bonds. The minimum absolute atomic E-state index is 0.00124. The number of hydrogen-bond acceptors (Lipinski definition) is 4. The van der Waals surface area contributed by atoms with Crippen molar-refractivity contribution in [2.75, 3.05) is 11.0 Å². The van der Waals surface area contributed by atoms with Crippen LogP contribution in [0.15, 0.2) is 0 Å². The van der Waals surface area contributed by atoms with Crippen LogP contribution in [0.5, 0.6) is 0 Å². The average molecular weight is 312 g/mol. The number of alkyl halides is 1. The monoisotopic (exact) mass is 312 g/mol. The van der Waals surface area contributed by atoms with Crippen molar-refractivity contribution in [2.45, 2.75) is 25.9 Å². The number of ether oxygens (including phenoxy) is 2. The molecule has 1 rings (SSSR count). The van der Waals surface area contributed by atoms with Gasteiger partial charge in [-0.3, -0.25) is 9.59 Å². The Labute approximate surface area is 96.5 Å². The van der Waals surface area contributed by atoms with Crippen LogP contribution in [-0.4, -0.2) is 29.1 Å². The summed E-state index contributed by atoms with van der Waals surface area (Å²) in [7, 11) is 0. The lowest BCUT2D eigenvalue weighted by Gasteiger charge is -2.14. The number of halogens is 1. The van der Waals surface area contributed by atoms with Gasteiger partial charge in [0.2, 0.25) is 0 Å². The highest BCUT2D eigenvalue weighted by molar-refractivity contribution is 14.1. The van der Waals surface area contributed by atoms with Crippen LogP contribution < -0.4 is 0 Å². The van der Waals surface area contributed by atoms with E-state index in [0.717, 1.165) is 4.43 Å². The number of carbonyl (C=O) groups is 2. The zero-order chi connectivity index (χ0) is 10.6. The molecule has 0 aromatic carbocycles. The van der Waals surface area contributed by atoms with Crippen molar-refractivity contribution >= 4 is 34.5 Å². The predicted molar refractivity (Wildman–Crippen MR) is 58.1 cm³/mol. The fourth-order valence-electron chi connectivity index (χ4n) is 1.46. The van der Waals surface area contributed by atoms with E-state index in [4.69, 9.17) is 9.47 Å². The Morgan fingerprint density at radius 1 is 1.71 bits per heavy atom. The molecule has 0 radical (unpaired) electrons. The zero-order valence-corrected chi connectivity index (χ0v) is 10.2. The molecule has 0 aliphatic carbocycles. The van der Waals surface area contributed by atoms with Gasteiger partial charge in [-0.15, -0.1) is 0 Å². The second-order valence-corrected chi connectivity index (χ2v) is 4.16. The maximum absolute atomic E-state index is 11.0. The third-order valence-electron chi connectivity index (χ3n) is 2.18. The van der Waals surface area contributed by atoms with Crippen molar-refractivity contribution in [1.82, 2.24) is 0 Å². The van der Waals surface area contributed by atoms with Gasteiger partial charge >= 0.3 is 11.9 Å². The van der Waals surface area contributed by atoms with Crippen LogP contribution in [0.1, 0.15) is 19.8 Å². The molecule has 80 valence electrons. The molecule has 1 heterocycles. The van der Waals surface area contributed by atoms with Gasteiger partial charge in [-0.2, -0.15) is 0 Å². The van der Waals surface area contributed by atoms with E-state index in [1.807, 2.05) is 0 Å². The summed E-state index contributed by atoms with van der Waals surface area (Å²) < 4.78 is 10.7. The van der Waals surface area contributed by atoms with Gasteiger partial charge < -0.3 is 9.47 Å². The minimum Gasteiger partial charge on any atom is -0.466 e. The predicted octanol–water partition coefficient (Wildman–Crippen LogP) is 1.31. The fourth-order valence-corrected chi connectivity index (χ4v) is 2.36. The van der Waals surface area contributed by atoms with Crippen LogP contribution in [-0.2, 0) is 19.1 Å². The highest BCUT2D eigenvalue weighted by Crippen LogP contribution is 2.26. The summed E-state index contributed by atoms with van der Waals surface area (Å²) in [5.41, 5.74) is 0. The van der Waals surface area contributed by atoms with Crippen LogP contribution in [0.3, 0.4) is 0 Å². The normalized spacial score (nSPS) is 26.0. The van der Waals surface area contributed by atoms with Crippen molar-refractivity contribution in [1.29, 1.82) is 0 Å². The van der Waals surface area contributed by atoms with E-state index in [1.165, 1.54) is 6.92 Å². The second kappa shape index (κ2) is 5.53. The summed E-state index contributed by atoms with van der Waals surface area (Å²) in [5.74, 6) is -0.209. The van der Waals surface area contributed by atoms with Crippen molar-refractivity contribution in [2.24, 2.45) is 5.92 Å². The van der Waals surface area contributed by atoms with Gasteiger partial charge in [0.25, 0.3) is 0 Å². The SMILES string of the molecule is CC(=O)OCC[C@H]1CC(=O)O[C@H]1CI. The zero-order valence-electron chi connectivity index (χ0n) is 7.99. The Morgan fingerprint density at radius 3 is 3.00 bits per heavy atom. The molecule has 0 bridgehead atoms. The Morgan fingerprint density at radius 2 is 2.43 bits per heavy atom. The van der Waals surface area contributed by atoms with Crippen LogP contribution in [0.25, 0.3) is 0 Å². The first-order valence-electron chi connectivity index (χ1n) is 4.52. The molecule has 0 aromatic rings. The van der Waals surface area contributed by atoms with Crippen molar-refractivity contribution in [3.63, 3.8) is 0 Å². The quantitative estimate of drug-likeness (QED) is 0.446. The molecule has 1 saturated heterocycles. The maximum Gasteiger partial charge on any atom is 0.306 e. The summed E-state index contributed by atoms with van der Waals surface area (Å²) >= 11 is 2.19. The lowest BCUT2D eigenvalue weighted by atomic mass is 9.99. The Kier molecular flexibility index (Phi) is 4.64. The van der Waals surface area contributed by atoms with Gasteiger partial charge in [-0.1, -0.05) is 22.6 Å². The Hall–Kier alpha value is -0.330. The second-order valence-electron chi connectivity index (χ2n) is 3.28. The molecule has 0 unspecified atom stereocenters. The molecule has 2 atom stereocenters. The average Bonchev–Trinajstić information content (AvgIpc) is 2.45. The molecule has 1 aliphatic heterocycles. The first-order chi connectivity index (χ1) is 6.63. The van der Waals surface area contributed by atoms with Crippen molar-refractivity contribution in [3.8, 4) is 0 Å². The van der Waals surface area contributed by atoms with E-state index in [0.29, 0.717) is 19.4 Å². The standard InChI is InChI=1S/C9H13IO4/c1-6(11)13-3-2-7-4-9(12)14-8(7)5-10/h7-8H,2-5H2,1H3/t7-,8-/m0/s1. The molecular formula is C9H13IO4. The Balaban J connectivity index is 2.29. The fraction of sp³-hybridized carbons (Fsp3) is 0.778. The summed E-state index contributed by atoms with van der Waals surface area (Å²) in [6.45, 7) is 1.76. The number of esters is 2. The van der Waals surface area contributed by atoms with Gasteiger partial charge in [-0.25, -0.2) is 0 Å². The summed E-state index contributed by atoms with van der Waals surface area (Å²) in [6, 6.07) is 0. The van der Waals surface area contributed by atoms with Gasteiger partial charge in [0, 0.05) is 17.3 Å². The van der Waals surface area contributed by atoms with Crippen molar-refractivity contribution in [3.05, 3.63) is 0 Å². The molecule has 0 saturated carbocycles. The first-order valence-corrected chi connectivity index (χ1v) is 6.05. The largest absolute Gasteiger partial charge is 0.466 e. The third kappa shape index (κ3) is 3.43. The summed E-state index contributed by atoms with van der Waals surface area (Å²) in [5, 5.41) is 0. The lowest BCUT2D eigenvalue weighted by Crippen LogP contribution is -2.19. The van der Waals surface area contributed by atoms with Crippen LogP contribution >= 0.6 is 22.6 Å². The van der Waals surface area contributed by atoms with Crippen LogP contribution in [0.4, 0.5) is 0 Å². The molecule has 4 nitrogen and oxygen atoms in total. The van der Waals surface area contributed by atoms with E-state index < -0.39 is 0 Å². The number of rotatable bonds is 4. The molecule has 14 heavy (non-hydrogen) atoms. The molecule has 1 fully saturated rings. The summed E-state index contributed by atoms with van der Waals surface area (Å²) in [4.78, 5) is 21.5. The topological polar surface area (TPSA) is 52.6 Å². The lowest BCUT2D eigenvalue weighted by molar-refractivity contribution is -0.142. The van der Waals surface area contributed by atoms with Crippen molar-refractivity contribution < 1.29 is 19.1 Å². The van der Waals surface area contributed by atoms with E-state index in [-0.39, 0.29) is 24.0 Å². The molecular weight excluding hydrogens is 299 g/mol. The number of hydrogen-bond donors (Lipinski definition) is 0. The summed E-state index contributed by atoms with van der Waals surface area (Å²) in [6.07, 6.45) is 1.16. The smallest absolute Gasteiger partial charge is 0.306 e. The highest BCUT2D eigenvalue weighted by Gasteiger charge is 2.33. The molecule has 0 N–H and O–H groups in total. The van der Waals surface area contributed by atoms with E-state index in [9.17, 15) is 9.59 Å². The Bertz CT molecular complexity index is 229.